The Morgan fingerprint density at radius 3 is 2.38 bits per heavy atom. The maximum atomic E-state index is 12.8. The fourth-order valence-corrected chi connectivity index (χ4v) is 4.38. The molecule has 0 saturated carbocycles. The topological polar surface area (TPSA) is 93.1 Å². The molecule has 0 aliphatic heterocycles. The van der Waals surface area contributed by atoms with Gasteiger partial charge in [0.15, 0.2) is 0 Å². The third-order valence-corrected chi connectivity index (χ3v) is 6.24. The van der Waals surface area contributed by atoms with Gasteiger partial charge in [-0.3, -0.25) is 9.52 Å². The monoisotopic (exact) mass is 446 g/mol. The van der Waals surface area contributed by atoms with Gasteiger partial charge in [0, 0.05) is 28.8 Å². The van der Waals surface area contributed by atoms with E-state index in [1.165, 1.54) is 12.1 Å². The number of benzene rings is 3. The molecule has 0 aliphatic carbocycles. The Bertz CT molecular complexity index is 1390. The van der Waals surface area contributed by atoms with E-state index in [9.17, 15) is 13.2 Å². The van der Waals surface area contributed by atoms with Crippen LogP contribution in [0.2, 0.25) is 0 Å². The van der Waals surface area contributed by atoms with Crippen LogP contribution in [0.1, 0.15) is 21.6 Å². The Morgan fingerprint density at radius 2 is 1.62 bits per heavy atom. The fourth-order valence-electron chi connectivity index (χ4n) is 3.29. The highest BCUT2D eigenvalue weighted by molar-refractivity contribution is 7.92. The zero-order valence-electron chi connectivity index (χ0n) is 17.6. The summed E-state index contributed by atoms with van der Waals surface area (Å²) in [7, 11) is -3.84. The molecule has 0 aliphatic rings. The second-order valence-corrected chi connectivity index (χ2v) is 9.07. The molecule has 4 rings (SSSR count). The van der Waals surface area contributed by atoms with Gasteiger partial charge >= 0.3 is 0 Å². The molecule has 0 bridgehead atoms. The van der Waals surface area contributed by atoms with Crippen molar-refractivity contribution in [3.63, 3.8) is 0 Å². The van der Waals surface area contributed by atoms with Crippen molar-refractivity contribution in [1.82, 2.24) is 9.78 Å². The lowest BCUT2D eigenvalue weighted by atomic mass is 10.2. The lowest BCUT2D eigenvalue weighted by Gasteiger charge is -2.11. The van der Waals surface area contributed by atoms with Gasteiger partial charge in [-0.05, 0) is 74.0 Å². The highest BCUT2D eigenvalue weighted by Crippen LogP contribution is 2.20. The van der Waals surface area contributed by atoms with E-state index in [1.807, 2.05) is 38.1 Å². The van der Waals surface area contributed by atoms with Gasteiger partial charge in [-0.2, -0.15) is 5.10 Å². The average molecular weight is 447 g/mol. The summed E-state index contributed by atoms with van der Waals surface area (Å²) in [5.41, 5.74) is 3.99. The number of aromatic nitrogens is 2. The lowest BCUT2D eigenvalue weighted by molar-refractivity contribution is 0.102. The first-order valence-electron chi connectivity index (χ1n) is 9.94. The smallest absolute Gasteiger partial charge is 0.261 e. The lowest BCUT2D eigenvalue weighted by Crippen LogP contribution is -2.16. The first-order chi connectivity index (χ1) is 15.3. The van der Waals surface area contributed by atoms with Gasteiger partial charge in [0.2, 0.25) is 0 Å². The fraction of sp³-hybridized carbons (Fsp3) is 0.0833. The summed E-state index contributed by atoms with van der Waals surface area (Å²) < 4.78 is 29.9. The summed E-state index contributed by atoms with van der Waals surface area (Å²) in [6.45, 7) is 3.82. The second kappa shape index (κ2) is 8.68. The molecule has 0 saturated heterocycles. The third kappa shape index (κ3) is 4.70. The van der Waals surface area contributed by atoms with Gasteiger partial charge in [0.05, 0.1) is 10.6 Å². The number of carbonyl (C=O) groups is 1. The molecule has 1 heterocycles. The first-order valence-corrected chi connectivity index (χ1v) is 11.4. The second-order valence-electron chi connectivity index (χ2n) is 7.39. The van der Waals surface area contributed by atoms with E-state index in [-0.39, 0.29) is 10.5 Å². The third-order valence-electron chi connectivity index (χ3n) is 4.86. The van der Waals surface area contributed by atoms with Crippen LogP contribution in [0.5, 0.6) is 0 Å². The number of hydrogen-bond donors (Lipinski definition) is 2. The number of hydrogen-bond acceptors (Lipinski definition) is 4. The Balaban J connectivity index is 1.54. The number of sulfonamides is 1. The van der Waals surface area contributed by atoms with Crippen LogP contribution in [-0.4, -0.2) is 24.1 Å². The van der Waals surface area contributed by atoms with E-state index >= 15 is 0 Å². The van der Waals surface area contributed by atoms with E-state index in [0.717, 1.165) is 16.9 Å². The van der Waals surface area contributed by atoms with Crippen molar-refractivity contribution in [1.29, 1.82) is 0 Å². The van der Waals surface area contributed by atoms with E-state index < -0.39 is 15.9 Å². The number of amides is 1. The summed E-state index contributed by atoms with van der Waals surface area (Å²) in [4.78, 5) is 12.8. The zero-order valence-corrected chi connectivity index (χ0v) is 18.4. The quantitative estimate of drug-likeness (QED) is 0.455. The van der Waals surface area contributed by atoms with E-state index in [1.54, 1.807) is 53.3 Å². The van der Waals surface area contributed by atoms with Gasteiger partial charge in [-0.15, -0.1) is 0 Å². The Labute approximate surface area is 186 Å². The SMILES string of the molecule is Cc1cccc(NS(=O)(=O)c2cccc(C(=O)Nc3cccc(-n4nccc4C)c3)c2)c1. The average Bonchev–Trinajstić information content (AvgIpc) is 3.19. The summed E-state index contributed by atoms with van der Waals surface area (Å²) in [5.74, 6) is -0.410. The number of aryl methyl sites for hydroxylation is 2. The molecular formula is C24H22N4O3S. The van der Waals surface area contributed by atoms with Crippen molar-refractivity contribution in [2.24, 2.45) is 0 Å². The molecule has 1 amide bonds. The molecule has 0 unspecified atom stereocenters. The number of nitrogens with one attached hydrogen (secondary N) is 2. The van der Waals surface area contributed by atoms with E-state index in [2.05, 4.69) is 15.1 Å². The molecule has 0 spiro atoms. The predicted molar refractivity (Wildman–Crippen MR) is 125 cm³/mol. The summed E-state index contributed by atoms with van der Waals surface area (Å²) >= 11 is 0. The standard InChI is InChI=1S/C24H22N4O3S/c1-17-6-3-9-21(14-17)27-32(30,31)23-11-4-7-19(15-23)24(29)26-20-8-5-10-22(16-20)28-18(2)12-13-25-28/h3-16,27H,1-2H3,(H,26,29). The van der Waals surface area contributed by atoms with Gasteiger partial charge in [-0.1, -0.05) is 24.3 Å². The van der Waals surface area contributed by atoms with Gasteiger partial charge in [0.25, 0.3) is 15.9 Å². The van der Waals surface area contributed by atoms with Crippen LogP contribution in [-0.2, 0) is 10.0 Å². The molecule has 2 N–H and O–H groups in total. The van der Waals surface area contributed by atoms with Crippen LogP contribution >= 0.6 is 0 Å². The minimum atomic E-state index is -3.84. The summed E-state index contributed by atoms with van der Waals surface area (Å²) in [5, 5.41) is 7.09. The number of carbonyl (C=O) groups excluding carboxylic acids is 1. The van der Waals surface area contributed by atoms with Crippen molar-refractivity contribution in [2.75, 3.05) is 10.0 Å². The van der Waals surface area contributed by atoms with Crippen LogP contribution < -0.4 is 10.0 Å². The molecule has 0 radical (unpaired) electrons. The van der Waals surface area contributed by atoms with Crippen LogP contribution in [0, 0.1) is 13.8 Å². The Hall–Kier alpha value is -3.91. The number of rotatable bonds is 6. The Morgan fingerprint density at radius 1 is 0.875 bits per heavy atom. The first kappa shape index (κ1) is 21.3. The molecule has 0 fully saturated rings. The molecule has 4 aromatic rings. The van der Waals surface area contributed by atoms with Crippen molar-refractivity contribution < 1.29 is 13.2 Å². The van der Waals surface area contributed by atoms with Gasteiger partial charge in [-0.25, -0.2) is 13.1 Å². The zero-order chi connectivity index (χ0) is 22.7. The molecular weight excluding hydrogens is 424 g/mol. The maximum Gasteiger partial charge on any atom is 0.261 e. The highest BCUT2D eigenvalue weighted by atomic mass is 32.2. The van der Waals surface area contributed by atoms with Crippen molar-refractivity contribution >= 4 is 27.3 Å². The predicted octanol–water partition coefficient (Wildman–Crippen LogP) is 4.54. The molecule has 32 heavy (non-hydrogen) atoms. The number of anilines is 2. The highest BCUT2D eigenvalue weighted by Gasteiger charge is 2.17. The van der Waals surface area contributed by atoms with Crippen LogP contribution in [0.3, 0.4) is 0 Å². The van der Waals surface area contributed by atoms with Crippen LogP contribution in [0.25, 0.3) is 5.69 Å². The minimum absolute atomic E-state index is 0.00701. The molecule has 0 atom stereocenters. The van der Waals surface area contributed by atoms with Crippen LogP contribution in [0.15, 0.2) is 90.0 Å². The number of nitrogens with zero attached hydrogens (tertiary/aromatic N) is 2. The van der Waals surface area contributed by atoms with Crippen LogP contribution in [0.4, 0.5) is 11.4 Å². The molecule has 1 aromatic heterocycles. The molecule has 8 heteroatoms. The maximum absolute atomic E-state index is 12.8. The van der Waals surface area contributed by atoms with Crippen molar-refractivity contribution in [3.8, 4) is 5.69 Å². The Kier molecular flexibility index (Phi) is 5.79. The van der Waals surface area contributed by atoms with Gasteiger partial charge in [0.1, 0.15) is 0 Å². The van der Waals surface area contributed by atoms with E-state index in [4.69, 9.17) is 0 Å². The van der Waals surface area contributed by atoms with Crippen molar-refractivity contribution in [2.45, 2.75) is 18.7 Å². The van der Waals surface area contributed by atoms with Gasteiger partial charge < -0.3 is 5.32 Å². The minimum Gasteiger partial charge on any atom is -0.322 e. The molecule has 7 nitrogen and oxygen atoms in total. The molecule has 162 valence electrons. The largest absolute Gasteiger partial charge is 0.322 e. The summed E-state index contributed by atoms with van der Waals surface area (Å²) in [6.07, 6.45) is 1.71. The van der Waals surface area contributed by atoms with Crippen molar-refractivity contribution in [3.05, 3.63) is 102 Å². The normalized spacial score (nSPS) is 11.2. The molecule has 3 aromatic carbocycles. The summed E-state index contributed by atoms with van der Waals surface area (Å²) in [6, 6.07) is 22.2. The van der Waals surface area contributed by atoms with E-state index in [0.29, 0.717) is 11.4 Å².